The normalized spacial score (nSPS) is 11.9. The van der Waals surface area contributed by atoms with Crippen LogP contribution < -0.4 is 4.80 Å². The maximum Gasteiger partial charge on any atom is 0.279 e. The fourth-order valence-electron chi connectivity index (χ4n) is 4.07. The molecule has 0 atom stereocenters. The summed E-state index contributed by atoms with van der Waals surface area (Å²) in [5, 5.41) is 2.28. The molecule has 0 aliphatic carbocycles. The van der Waals surface area contributed by atoms with Crippen molar-refractivity contribution in [2.24, 2.45) is 4.99 Å². The van der Waals surface area contributed by atoms with Gasteiger partial charge in [-0.3, -0.25) is 9.59 Å². The highest BCUT2D eigenvalue weighted by Gasteiger charge is 2.13. The molecule has 0 unspecified atom stereocenters. The summed E-state index contributed by atoms with van der Waals surface area (Å²) in [4.78, 5) is 30.9. The van der Waals surface area contributed by atoms with E-state index in [0.717, 1.165) is 21.0 Å². The molecule has 0 radical (unpaired) electrons. The third kappa shape index (κ3) is 4.71. The van der Waals surface area contributed by atoms with Gasteiger partial charge in [0.15, 0.2) is 10.6 Å². The van der Waals surface area contributed by atoms with Gasteiger partial charge in [0.1, 0.15) is 0 Å². The maximum atomic E-state index is 13.1. The number of hydrogen-bond acceptors (Lipinski definition) is 4. The smallest absolute Gasteiger partial charge is 0.279 e. The summed E-state index contributed by atoms with van der Waals surface area (Å²) in [6.45, 7) is 3.73. The molecule has 0 aliphatic rings. The van der Waals surface area contributed by atoms with Gasteiger partial charge in [0, 0.05) is 35.2 Å². The second-order valence-electron chi connectivity index (χ2n) is 8.06. The van der Waals surface area contributed by atoms with Crippen LogP contribution in [-0.2, 0) is 11.3 Å². The lowest BCUT2D eigenvalue weighted by molar-refractivity contribution is 0.0993. The molecule has 35 heavy (non-hydrogen) atoms. The minimum Gasteiger partial charge on any atom is -0.380 e. The molecule has 0 fully saturated rings. The van der Waals surface area contributed by atoms with Gasteiger partial charge in [-0.25, -0.2) is 0 Å². The first kappa shape index (κ1) is 22.9. The van der Waals surface area contributed by atoms with Crippen molar-refractivity contribution in [3.05, 3.63) is 112 Å². The van der Waals surface area contributed by atoms with Gasteiger partial charge < -0.3 is 9.30 Å². The Hall–Kier alpha value is -3.87. The van der Waals surface area contributed by atoms with Gasteiger partial charge in [0.05, 0.1) is 16.8 Å². The van der Waals surface area contributed by atoms with Crippen LogP contribution in [0.5, 0.6) is 0 Å². The van der Waals surface area contributed by atoms with E-state index in [-0.39, 0.29) is 11.7 Å². The quantitative estimate of drug-likeness (QED) is 0.216. The Bertz CT molecular complexity index is 1580. The number of hydrogen-bond donors (Lipinski definition) is 0. The molecule has 0 saturated heterocycles. The lowest BCUT2D eigenvalue weighted by Crippen LogP contribution is -2.19. The highest BCUT2D eigenvalue weighted by molar-refractivity contribution is 7.17. The number of carbonyl (C=O) groups excluding carboxylic acids is 2. The van der Waals surface area contributed by atoms with Crippen molar-refractivity contribution in [1.82, 2.24) is 4.57 Å². The van der Waals surface area contributed by atoms with Crippen molar-refractivity contribution in [2.45, 2.75) is 13.5 Å². The number of ether oxygens (including phenoxy) is 1. The zero-order valence-corrected chi connectivity index (χ0v) is 20.1. The number of thiazole rings is 1. The van der Waals surface area contributed by atoms with Crippen LogP contribution in [0.25, 0.3) is 21.0 Å². The van der Waals surface area contributed by atoms with Crippen molar-refractivity contribution >= 4 is 44.0 Å². The molecular weight excluding hydrogens is 456 g/mol. The summed E-state index contributed by atoms with van der Waals surface area (Å²) in [6.07, 6.45) is 0. The van der Waals surface area contributed by atoms with Gasteiger partial charge in [-0.1, -0.05) is 84.1 Å². The molecule has 5 nitrogen and oxygen atoms in total. The van der Waals surface area contributed by atoms with Gasteiger partial charge in [0.2, 0.25) is 0 Å². The Balaban J connectivity index is 1.51. The predicted molar refractivity (Wildman–Crippen MR) is 140 cm³/mol. The van der Waals surface area contributed by atoms with E-state index < -0.39 is 0 Å². The number of rotatable bonds is 7. The van der Waals surface area contributed by atoms with Gasteiger partial charge in [-0.05, 0) is 30.5 Å². The maximum absolute atomic E-state index is 13.1. The Labute approximate surface area is 207 Å². The van der Waals surface area contributed by atoms with Crippen LogP contribution in [0.4, 0.5) is 0 Å². The molecule has 0 N–H and O–H groups in total. The Morgan fingerprint density at radius 2 is 1.51 bits per heavy atom. The molecular formula is C29H24N2O3S. The van der Waals surface area contributed by atoms with Crippen molar-refractivity contribution in [3.63, 3.8) is 0 Å². The summed E-state index contributed by atoms with van der Waals surface area (Å²) in [6, 6.07) is 28.2. The van der Waals surface area contributed by atoms with Crippen LogP contribution in [0.15, 0.2) is 96.0 Å². The fraction of sp³-hybridized carbons (Fsp3) is 0.138. The van der Waals surface area contributed by atoms with E-state index >= 15 is 0 Å². The minimum absolute atomic E-state index is 0.0771. The molecule has 0 bridgehead atoms. The predicted octanol–water partition coefficient (Wildman–Crippen LogP) is 5.86. The van der Waals surface area contributed by atoms with Gasteiger partial charge in [-0.15, -0.1) is 0 Å². The van der Waals surface area contributed by atoms with E-state index in [2.05, 4.69) is 29.3 Å². The Morgan fingerprint density at radius 3 is 2.29 bits per heavy atom. The molecule has 1 heterocycles. The Kier molecular flexibility index (Phi) is 6.66. The molecule has 174 valence electrons. The summed E-state index contributed by atoms with van der Waals surface area (Å²) in [5.41, 5.74) is 2.62. The van der Waals surface area contributed by atoms with Gasteiger partial charge in [-0.2, -0.15) is 4.99 Å². The number of ketones is 1. The molecule has 0 spiro atoms. The van der Waals surface area contributed by atoms with Crippen LogP contribution in [0.3, 0.4) is 0 Å². The zero-order valence-electron chi connectivity index (χ0n) is 19.3. The SMILES string of the molecule is CCOCCn1c(=NC(=O)c2ccc(C(=O)c3ccccc3)cc2)sc2c3ccccc3ccc21. The topological polar surface area (TPSA) is 60.7 Å². The lowest BCUT2D eigenvalue weighted by atomic mass is 10.0. The molecule has 1 aromatic heterocycles. The minimum atomic E-state index is -0.343. The highest BCUT2D eigenvalue weighted by atomic mass is 32.1. The van der Waals surface area contributed by atoms with E-state index in [1.54, 1.807) is 36.4 Å². The van der Waals surface area contributed by atoms with Gasteiger partial charge >= 0.3 is 0 Å². The molecule has 6 heteroatoms. The molecule has 0 saturated carbocycles. The Morgan fingerprint density at radius 1 is 0.829 bits per heavy atom. The zero-order chi connectivity index (χ0) is 24.2. The van der Waals surface area contributed by atoms with E-state index in [4.69, 9.17) is 4.74 Å². The molecule has 1 amide bonds. The monoisotopic (exact) mass is 480 g/mol. The van der Waals surface area contributed by atoms with Crippen molar-refractivity contribution < 1.29 is 14.3 Å². The summed E-state index contributed by atoms with van der Waals surface area (Å²) in [5.74, 6) is -0.420. The number of aromatic nitrogens is 1. The van der Waals surface area contributed by atoms with E-state index in [0.29, 0.717) is 41.3 Å². The standard InChI is InChI=1S/C29H24N2O3S/c1-2-34-19-18-31-25-17-16-20-8-6-7-11-24(20)27(25)35-29(31)30-28(33)23-14-12-22(13-15-23)26(32)21-9-4-3-5-10-21/h3-17H,2,18-19H2,1H3. The number of carbonyl (C=O) groups is 2. The van der Waals surface area contributed by atoms with E-state index in [9.17, 15) is 9.59 Å². The van der Waals surface area contributed by atoms with Crippen LogP contribution in [-0.4, -0.2) is 29.5 Å². The summed E-state index contributed by atoms with van der Waals surface area (Å²) in [7, 11) is 0. The second kappa shape index (κ2) is 10.2. The van der Waals surface area contributed by atoms with E-state index in [1.807, 2.05) is 41.8 Å². The summed E-state index contributed by atoms with van der Waals surface area (Å²) < 4.78 is 8.73. The van der Waals surface area contributed by atoms with E-state index in [1.165, 1.54) is 11.3 Å². The number of nitrogens with zero attached hydrogens (tertiary/aromatic N) is 2. The summed E-state index contributed by atoms with van der Waals surface area (Å²) >= 11 is 1.51. The first-order valence-electron chi connectivity index (χ1n) is 11.5. The third-order valence-electron chi connectivity index (χ3n) is 5.86. The first-order chi connectivity index (χ1) is 17.2. The van der Waals surface area contributed by atoms with Crippen LogP contribution >= 0.6 is 11.3 Å². The van der Waals surface area contributed by atoms with Crippen molar-refractivity contribution in [1.29, 1.82) is 0 Å². The number of amides is 1. The van der Waals surface area contributed by atoms with Crippen molar-refractivity contribution in [2.75, 3.05) is 13.2 Å². The largest absolute Gasteiger partial charge is 0.380 e. The first-order valence-corrected chi connectivity index (χ1v) is 12.3. The highest BCUT2D eigenvalue weighted by Crippen LogP contribution is 2.27. The van der Waals surface area contributed by atoms with Crippen LogP contribution in [0, 0.1) is 0 Å². The third-order valence-corrected chi connectivity index (χ3v) is 6.99. The van der Waals surface area contributed by atoms with Crippen LogP contribution in [0.1, 0.15) is 33.2 Å². The molecule has 4 aromatic carbocycles. The van der Waals surface area contributed by atoms with Crippen LogP contribution in [0.2, 0.25) is 0 Å². The van der Waals surface area contributed by atoms with Gasteiger partial charge in [0.25, 0.3) is 5.91 Å². The number of fused-ring (bicyclic) bond motifs is 3. The molecule has 5 rings (SSSR count). The van der Waals surface area contributed by atoms with Crippen molar-refractivity contribution in [3.8, 4) is 0 Å². The average molecular weight is 481 g/mol. The number of benzene rings is 4. The molecule has 5 aromatic rings. The average Bonchev–Trinajstić information content (AvgIpc) is 3.26. The fourth-order valence-corrected chi connectivity index (χ4v) is 5.26. The molecule has 0 aliphatic heterocycles. The lowest BCUT2D eigenvalue weighted by Gasteiger charge is -2.06. The second-order valence-corrected chi connectivity index (χ2v) is 9.04.